The molecule has 100 valence electrons. The van der Waals surface area contributed by atoms with Crippen molar-refractivity contribution in [2.75, 3.05) is 17.7 Å². The smallest absolute Gasteiger partial charge is 0.276 e. The first-order valence-corrected chi connectivity index (χ1v) is 6.81. The number of hydrogen-bond acceptors (Lipinski definition) is 6. The fourth-order valence-corrected chi connectivity index (χ4v) is 2.33. The van der Waals surface area contributed by atoms with Gasteiger partial charge in [0.2, 0.25) is 5.13 Å². The van der Waals surface area contributed by atoms with E-state index >= 15 is 0 Å². The highest BCUT2D eigenvalue weighted by atomic mass is 32.1. The third-order valence-electron chi connectivity index (χ3n) is 2.80. The number of fused-ring (bicyclic) bond motifs is 1. The van der Waals surface area contributed by atoms with Crippen LogP contribution in [0.1, 0.15) is 10.5 Å². The summed E-state index contributed by atoms with van der Waals surface area (Å²) >= 11 is 1.26. The van der Waals surface area contributed by atoms with Crippen molar-refractivity contribution >= 4 is 39.0 Å². The highest BCUT2D eigenvalue weighted by Crippen LogP contribution is 2.23. The molecule has 6 nitrogen and oxygen atoms in total. The van der Waals surface area contributed by atoms with Crippen LogP contribution in [0.3, 0.4) is 0 Å². The van der Waals surface area contributed by atoms with Crippen molar-refractivity contribution in [2.24, 2.45) is 0 Å². The van der Waals surface area contributed by atoms with Gasteiger partial charge in [0.05, 0.1) is 5.52 Å². The number of anilines is 2. The van der Waals surface area contributed by atoms with Gasteiger partial charge in [-0.25, -0.2) is 4.98 Å². The average molecular weight is 285 g/mol. The Balaban J connectivity index is 2.01. The summed E-state index contributed by atoms with van der Waals surface area (Å²) in [4.78, 5) is 16.5. The number of carbonyl (C=O) groups is 1. The van der Waals surface area contributed by atoms with Gasteiger partial charge >= 0.3 is 0 Å². The van der Waals surface area contributed by atoms with E-state index in [9.17, 15) is 4.79 Å². The van der Waals surface area contributed by atoms with Gasteiger partial charge in [0.1, 0.15) is 11.2 Å². The third kappa shape index (κ3) is 2.30. The van der Waals surface area contributed by atoms with Crippen LogP contribution in [0.15, 0.2) is 35.8 Å². The van der Waals surface area contributed by atoms with Crippen molar-refractivity contribution in [2.45, 2.75) is 0 Å². The normalized spacial score (nSPS) is 10.4. The van der Waals surface area contributed by atoms with Crippen molar-refractivity contribution in [3.63, 3.8) is 0 Å². The highest BCUT2D eigenvalue weighted by molar-refractivity contribution is 7.13. The number of pyridine rings is 1. The zero-order chi connectivity index (χ0) is 13.9. The molecule has 0 fully saturated rings. The summed E-state index contributed by atoms with van der Waals surface area (Å²) in [6.45, 7) is 0. The molecule has 0 atom stereocenters. The molecular formula is C13H11N5OS. The van der Waals surface area contributed by atoms with E-state index < -0.39 is 0 Å². The summed E-state index contributed by atoms with van der Waals surface area (Å²) in [7, 11) is 1.81. The molecular weight excluding hydrogens is 274 g/mol. The summed E-state index contributed by atoms with van der Waals surface area (Å²) in [5, 5.41) is 14.6. The van der Waals surface area contributed by atoms with Gasteiger partial charge in [-0.15, -0.1) is 10.2 Å². The van der Waals surface area contributed by atoms with Crippen LogP contribution in [0.25, 0.3) is 10.9 Å². The van der Waals surface area contributed by atoms with Gasteiger partial charge in [-0.1, -0.05) is 29.5 Å². The minimum Gasteiger partial charge on any atom is -0.388 e. The fraction of sp³-hybridized carbons (Fsp3) is 0.0769. The van der Waals surface area contributed by atoms with Crippen LogP contribution in [-0.4, -0.2) is 28.1 Å². The van der Waals surface area contributed by atoms with Gasteiger partial charge < -0.3 is 5.32 Å². The summed E-state index contributed by atoms with van der Waals surface area (Å²) in [6, 6.07) is 9.38. The number of benzene rings is 1. The number of para-hydroxylation sites is 1. The van der Waals surface area contributed by atoms with Crippen LogP contribution in [0.5, 0.6) is 0 Å². The van der Waals surface area contributed by atoms with Crippen LogP contribution in [0, 0.1) is 0 Å². The minimum absolute atomic E-state index is 0.302. The zero-order valence-electron chi connectivity index (χ0n) is 10.6. The monoisotopic (exact) mass is 285 g/mol. The molecule has 2 N–H and O–H groups in total. The molecule has 1 aromatic carbocycles. The molecule has 0 saturated carbocycles. The van der Waals surface area contributed by atoms with Crippen molar-refractivity contribution in [1.82, 2.24) is 15.2 Å². The first-order valence-electron chi connectivity index (χ1n) is 5.93. The van der Waals surface area contributed by atoms with E-state index in [1.54, 1.807) is 11.6 Å². The summed E-state index contributed by atoms with van der Waals surface area (Å²) in [5.74, 6) is -0.302. The van der Waals surface area contributed by atoms with E-state index in [1.807, 2.05) is 31.3 Å². The lowest BCUT2D eigenvalue weighted by atomic mass is 10.1. The third-order valence-corrected chi connectivity index (χ3v) is 3.41. The van der Waals surface area contributed by atoms with Gasteiger partial charge in [0.25, 0.3) is 5.91 Å². The summed E-state index contributed by atoms with van der Waals surface area (Å²) in [6.07, 6.45) is 0. The Morgan fingerprint density at radius 2 is 2.15 bits per heavy atom. The lowest BCUT2D eigenvalue weighted by molar-refractivity contribution is 0.102. The number of hydrogen-bond donors (Lipinski definition) is 2. The second kappa shape index (κ2) is 5.22. The Morgan fingerprint density at radius 1 is 1.30 bits per heavy atom. The molecule has 0 aliphatic carbocycles. The summed E-state index contributed by atoms with van der Waals surface area (Å²) in [5.41, 5.74) is 3.52. The van der Waals surface area contributed by atoms with Gasteiger partial charge in [-0.3, -0.25) is 10.1 Å². The number of nitrogens with zero attached hydrogens (tertiary/aromatic N) is 3. The van der Waals surface area contributed by atoms with Crippen LogP contribution >= 0.6 is 11.3 Å². The number of rotatable bonds is 3. The van der Waals surface area contributed by atoms with Gasteiger partial charge in [0, 0.05) is 18.1 Å². The van der Waals surface area contributed by atoms with Crippen LogP contribution < -0.4 is 10.6 Å². The standard InChI is InChI=1S/C13H11N5OS/c1-14-10-6-11(12(19)17-13-18-15-7-20-13)16-9-5-3-2-4-8(9)10/h2-7H,1H3,(H,14,16)(H,17,18,19). The second-order valence-corrected chi connectivity index (χ2v) is 4.85. The topological polar surface area (TPSA) is 79.8 Å². The molecule has 3 aromatic rings. The molecule has 3 rings (SSSR count). The van der Waals surface area contributed by atoms with Crippen LogP contribution in [-0.2, 0) is 0 Å². The Bertz CT molecular complexity index is 757. The molecule has 0 bridgehead atoms. The average Bonchev–Trinajstić information content (AvgIpc) is 2.99. The van der Waals surface area contributed by atoms with Crippen molar-refractivity contribution in [1.29, 1.82) is 0 Å². The van der Waals surface area contributed by atoms with Gasteiger partial charge in [-0.2, -0.15) is 0 Å². The Hall–Kier alpha value is -2.54. The highest BCUT2D eigenvalue weighted by Gasteiger charge is 2.12. The first-order chi connectivity index (χ1) is 9.78. The molecule has 0 spiro atoms. The maximum atomic E-state index is 12.2. The Morgan fingerprint density at radius 3 is 2.90 bits per heavy atom. The lowest BCUT2D eigenvalue weighted by Crippen LogP contribution is -2.14. The number of aromatic nitrogens is 3. The molecule has 0 aliphatic heterocycles. The predicted octanol–water partition coefficient (Wildman–Crippen LogP) is 2.38. The molecule has 1 amide bonds. The van der Waals surface area contributed by atoms with E-state index in [2.05, 4.69) is 25.8 Å². The van der Waals surface area contributed by atoms with Gasteiger partial charge in [0.15, 0.2) is 0 Å². The van der Waals surface area contributed by atoms with E-state index in [0.717, 1.165) is 16.6 Å². The molecule has 0 unspecified atom stereocenters. The maximum Gasteiger partial charge on any atom is 0.276 e. The molecule has 7 heteroatoms. The van der Waals surface area contributed by atoms with Gasteiger partial charge in [-0.05, 0) is 12.1 Å². The fourth-order valence-electron chi connectivity index (χ4n) is 1.89. The predicted molar refractivity (Wildman–Crippen MR) is 79.2 cm³/mol. The minimum atomic E-state index is -0.302. The van der Waals surface area contributed by atoms with Crippen molar-refractivity contribution < 1.29 is 4.79 Å². The van der Waals surface area contributed by atoms with Crippen molar-refractivity contribution in [3.8, 4) is 0 Å². The van der Waals surface area contributed by atoms with E-state index in [0.29, 0.717) is 10.8 Å². The molecule has 0 aliphatic rings. The van der Waals surface area contributed by atoms with Crippen LogP contribution in [0.4, 0.5) is 10.8 Å². The number of amides is 1. The maximum absolute atomic E-state index is 12.2. The molecule has 20 heavy (non-hydrogen) atoms. The first kappa shape index (κ1) is 12.5. The number of carbonyl (C=O) groups excluding carboxylic acids is 1. The Kier molecular flexibility index (Phi) is 3.26. The van der Waals surface area contributed by atoms with E-state index in [1.165, 1.54) is 11.3 Å². The van der Waals surface area contributed by atoms with Crippen molar-refractivity contribution in [3.05, 3.63) is 41.5 Å². The zero-order valence-corrected chi connectivity index (χ0v) is 11.4. The second-order valence-electron chi connectivity index (χ2n) is 4.02. The molecule has 2 heterocycles. The number of nitrogens with one attached hydrogen (secondary N) is 2. The SMILES string of the molecule is CNc1cc(C(=O)Nc2nncs2)nc2ccccc12. The Labute approximate surface area is 118 Å². The molecule has 2 aromatic heterocycles. The van der Waals surface area contributed by atoms with E-state index in [-0.39, 0.29) is 5.91 Å². The molecule has 0 saturated heterocycles. The lowest BCUT2D eigenvalue weighted by Gasteiger charge is -2.08. The summed E-state index contributed by atoms with van der Waals surface area (Å²) < 4.78 is 0. The van der Waals surface area contributed by atoms with E-state index in [4.69, 9.17) is 0 Å². The molecule has 0 radical (unpaired) electrons. The largest absolute Gasteiger partial charge is 0.388 e. The van der Waals surface area contributed by atoms with Crippen LogP contribution in [0.2, 0.25) is 0 Å². The quantitative estimate of drug-likeness (QED) is 0.772.